The lowest BCUT2D eigenvalue weighted by molar-refractivity contribution is -0.140. The fourth-order valence-corrected chi connectivity index (χ4v) is 5.02. The van der Waals surface area contributed by atoms with E-state index in [2.05, 4.69) is 34.7 Å². The van der Waals surface area contributed by atoms with Crippen LogP contribution in [0.3, 0.4) is 0 Å². The molecular formula is C29H37BrN2O4. The first kappa shape index (κ1) is 27.9. The number of unbranched alkanes of at least 4 members (excludes halogenated alkanes) is 2. The molecule has 3 rings (SSSR count). The molecule has 194 valence electrons. The van der Waals surface area contributed by atoms with Gasteiger partial charge in [-0.15, -0.1) is 0 Å². The molecule has 2 aromatic rings. The van der Waals surface area contributed by atoms with Crippen LogP contribution in [-0.2, 0) is 9.59 Å². The summed E-state index contributed by atoms with van der Waals surface area (Å²) in [7, 11) is 1.57. The van der Waals surface area contributed by atoms with E-state index in [0.717, 1.165) is 61.8 Å². The number of carbonyl (C=O) groups is 2. The largest absolute Gasteiger partial charge is 0.507 e. The molecule has 1 aliphatic rings. The number of halogens is 1. The number of ketones is 1. The first-order valence-electron chi connectivity index (χ1n) is 12.8. The minimum absolute atomic E-state index is 0.122. The van der Waals surface area contributed by atoms with E-state index in [0.29, 0.717) is 17.9 Å². The van der Waals surface area contributed by atoms with E-state index in [4.69, 9.17) is 4.74 Å². The molecule has 36 heavy (non-hydrogen) atoms. The summed E-state index contributed by atoms with van der Waals surface area (Å²) in [5, 5.41) is 11.2. The van der Waals surface area contributed by atoms with Gasteiger partial charge in [-0.05, 0) is 80.9 Å². The first-order chi connectivity index (χ1) is 17.4. The normalized spacial score (nSPS) is 17.2. The molecule has 2 aromatic carbocycles. The van der Waals surface area contributed by atoms with Crippen LogP contribution in [0.2, 0.25) is 0 Å². The smallest absolute Gasteiger partial charge is 0.295 e. The van der Waals surface area contributed by atoms with Crippen molar-refractivity contribution in [1.82, 2.24) is 9.80 Å². The molecule has 0 aliphatic carbocycles. The lowest BCUT2D eigenvalue weighted by Gasteiger charge is -2.27. The van der Waals surface area contributed by atoms with Gasteiger partial charge in [-0.25, -0.2) is 0 Å². The number of ether oxygens (including phenoxy) is 1. The van der Waals surface area contributed by atoms with Gasteiger partial charge in [0.1, 0.15) is 11.5 Å². The Balaban J connectivity index is 1.91. The SMILES string of the molecule is CCCCN(CCCC)CCCN1C(=O)C(=O)C(=C(O)c2ccc(OC)cc2)[C@@H]1c1cccc(Br)c1. The van der Waals surface area contributed by atoms with Crippen LogP contribution in [-0.4, -0.2) is 59.9 Å². The maximum Gasteiger partial charge on any atom is 0.295 e. The summed E-state index contributed by atoms with van der Waals surface area (Å²) in [4.78, 5) is 30.5. The summed E-state index contributed by atoms with van der Waals surface area (Å²) >= 11 is 3.51. The zero-order valence-corrected chi connectivity index (χ0v) is 23.1. The van der Waals surface area contributed by atoms with Gasteiger partial charge in [0.05, 0.1) is 18.7 Å². The van der Waals surface area contributed by atoms with Crippen LogP contribution in [0.4, 0.5) is 0 Å². The van der Waals surface area contributed by atoms with Crippen LogP contribution >= 0.6 is 15.9 Å². The quantitative estimate of drug-likeness (QED) is 0.181. The minimum Gasteiger partial charge on any atom is -0.507 e. The average molecular weight is 558 g/mol. The van der Waals surface area contributed by atoms with Gasteiger partial charge in [0.2, 0.25) is 0 Å². The van der Waals surface area contributed by atoms with E-state index in [1.165, 1.54) is 0 Å². The molecule has 0 unspecified atom stereocenters. The Bertz CT molecular complexity index is 1060. The molecular weight excluding hydrogens is 520 g/mol. The van der Waals surface area contributed by atoms with E-state index >= 15 is 0 Å². The number of nitrogens with zero attached hydrogens (tertiary/aromatic N) is 2. The third-order valence-corrected chi connectivity index (χ3v) is 7.09. The molecule has 1 heterocycles. The molecule has 1 atom stereocenters. The molecule has 1 saturated heterocycles. The number of aliphatic hydroxyl groups is 1. The summed E-state index contributed by atoms with van der Waals surface area (Å²) < 4.78 is 6.06. The van der Waals surface area contributed by atoms with Gasteiger partial charge >= 0.3 is 0 Å². The molecule has 1 fully saturated rings. The van der Waals surface area contributed by atoms with Crippen LogP contribution in [0.1, 0.15) is 63.1 Å². The summed E-state index contributed by atoms with van der Waals surface area (Å²) in [5.74, 6) is -0.743. The predicted molar refractivity (Wildman–Crippen MR) is 147 cm³/mol. The second kappa shape index (κ2) is 13.6. The van der Waals surface area contributed by atoms with E-state index in [9.17, 15) is 14.7 Å². The van der Waals surface area contributed by atoms with Crippen molar-refractivity contribution in [3.05, 3.63) is 69.7 Å². The molecule has 0 bridgehead atoms. The van der Waals surface area contributed by atoms with E-state index < -0.39 is 17.7 Å². The van der Waals surface area contributed by atoms with Gasteiger partial charge in [-0.1, -0.05) is 54.8 Å². The molecule has 1 amide bonds. The topological polar surface area (TPSA) is 70.1 Å². The molecule has 1 aliphatic heterocycles. The van der Waals surface area contributed by atoms with Gasteiger partial charge in [-0.2, -0.15) is 0 Å². The molecule has 0 spiro atoms. The maximum absolute atomic E-state index is 13.2. The van der Waals surface area contributed by atoms with Gasteiger partial charge in [0, 0.05) is 16.6 Å². The van der Waals surface area contributed by atoms with Crippen molar-refractivity contribution in [1.29, 1.82) is 0 Å². The monoisotopic (exact) mass is 556 g/mol. The highest BCUT2D eigenvalue weighted by Crippen LogP contribution is 2.40. The number of amides is 1. The van der Waals surface area contributed by atoms with Gasteiger partial charge < -0.3 is 19.6 Å². The van der Waals surface area contributed by atoms with Crippen LogP contribution in [0.5, 0.6) is 5.75 Å². The second-order valence-corrected chi connectivity index (χ2v) is 10.1. The Morgan fingerprint density at radius 2 is 1.64 bits per heavy atom. The summed E-state index contributed by atoms with van der Waals surface area (Å²) in [6, 6.07) is 13.8. The zero-order valence-electron chi connectivity index (χ0n) is 21.5. The fraction of sp³-hybridized carbons (Fsp3) is 0.448. The third-order valence-electron chi connectivity index (χ3n) is 6.60. The Hall–Kier alpha value is -2.64. The standard InChI is InChI=1S/C29H37BrN2O4/c1-4-6-16-31(17-7-5-2)18-9-19-32-26(22-10-8-11-23(30)20-22)25(28(34)29(32)35)27(33)21-12-14-24(36-3)15-13-21/h8,10-15,20,26,33H,4-7,9,16-19H2,1-3H3/t26-/m0/s1. The fourth-order valence-electron chi connectivity index (χ4n) is 4.60. The first-order valence-corrected chi connectivity index (χ1v) is 13.6. The number of carbonyl (C=O) groups excluding carboxylic acids is 2. The van der Waals surface area contributed by atoms with Crippen LogP contribution in [0, 0.1) is 0 Å². The van der Waals surface area contributed by atoms with Gasteiger partial charge in [-0.3, -0.25) is 9.59 Å². The Morgan fingerprint density at radius 3 is 2.22 bits per heavy atom. The van der Waals surface area contributed by atoms with Gasteiger partial charge in [0.25, 0.3) is 11.7 Å². The summed E-state index contributed by atoms with van der Waals surface area (Å²) in [6.07, 6.45) is 5.34. The van der Waals surface area contributed by atoms with Gasteiger partial charge in [0.15, 0.2) is 0 Å². The molecule has 1 N–H and O–H groups in total. The van der Waals surface area contributed by atoms with E-state index in [1.54, 1.807) is 36.3 Å². The van der Waals surface area contributed by atoms with Crippen molar-refractivity contribution in [2.45, 2.75) is 52.0 Å². The lowest BCUT2D eigenvalue weighted by atomic mass is 9.95. The Labute approximate surface area is 223 Å². The van der Waals surface area contributed by atoms with E-state index in [1.807, 2.05) is 24.3 Å². The number of Topliss-reactive ketones (excluding diaryl/α,β-unsaturated/α-hetero) is 1. The number of methoxy groups -OCH3 is 1. The number of aliphatic hydroxyl groups excluding tert-OH is 1. The highest BCUT2D eigenvalue weighted by molar-refractivity contribution is 9.10. The van der Waals surface area contributed by atoms with Crippen LogP contribution in [0.15, 0.2) is 58.6 Å². The number of benzene rings is 2. The Kier molecular flexibility index (Phi) is 10.6. The second-order valence-electron chi connectivity index (χ2n) is 9.18. The van der Waals surface area contributed by atoms with Crippen LogP contribution in [0.25, 0.3) is 5.76 Å². The lowest BCUT2D eigenvalue weighted by Crippen LogP contribution is -2.34. The molecule has 0 saturated carbocycles. The number of rotatable bonds is 13. The third kappa shape index (κ3) is 6.77. The molecule has 6 nitrogen and oxygen atoms in total. The average Bonchev–Trinajstić information content (AvgIpc) is 3.14. The summed E-state index contributed by atoms with van der Waals surface area (Å²) in [5.41, 5.74) is 1.38. The Morgan fingerprint density at radius 1 is 1.00 bits per heavy atom. The predicted octanol–water partition coefficient (Wildman–Crippen LogP) is 6.17. The number of hydrogen-bond donors (Lipinski definition) is 1. The minimum atomic E-state index is -0.651. The van der Waals surface area contributed by atoms with Crippen molar-refractivity contribution in [3.8, 4) is 5.75 Å². The number of likely N-dealkylation sites (tertiary alicyclic amines) is 1. The highest BCUT2D eigenvalue weighted by atomic mass is 79.9. The zero-order chi connectivity index (χ0) is 26.1. The van der Waals surface area contributed by atoms with Crippen molar-refractivity contribution in [2.24, 2.45) is 0 Å². The van der Waals surface area contributed by atoms with Crippen molar-refractivity contribution in [3.63, 3.8) is 0 Å². The van der Waals surface area contributed by atoms with Crippen molar-refractivity contribution in [2.75, 3.05) is 33.3 Å². The van der Waals surface area contributed by atoms with Crippen LogP contribution < -0.4 is 4.74 Å². The van der Waals surface area contributed by atoms with E-state index in [-0.39, 0.29) is 11.3 Å². The maximum atomic E-state index is 13.2. The highest BCUT2D eigenvalue weighted by Gasteiger charge is 2.45. The summed E-state index contributed by atoms with van der Waals surface area (Å²) in [6.45, 7) is 7.78. The molecule has 7 heteroatoms. The van der Waals surface area contributed by atoms with Crippen molar-refractivity contribution >= 4 is 33.4 Å². The van der Waals surface area contributed by atoms with Crippen molar-refractivity contribution < 1.29 is 19.4 Å². The number of hydrogen-bond acceptors (Lipinski definition) is 5. The molecule has 0 radical (unpaired) electrons. The molecule has 0 aromatic heterocycles.